The highest BCUT2D eigenvalue weighted by Gasteiger charge is 2.21. The second-order valence-electron chi connectivity index (χ2n) is 4.77. The fourth-order valence-electron chi connectivity index (χ4n) is 2.31. The molecule has 21 heavy (non-hydrogen) atoms. The monoisotopic (exact) mass is 286 g/mol. The zero-order valence-corrected chi connectivity index (χ0v) is 12.0. The highest BCUT2D eigenvalue weighted by molar-refractivity contribution is 5.94. The zero-order valence-electron chi connectivity index (χ0n) is 12.0. The number of benzene rings is 1. The van der Waals surface area contributed by atoms with Crippen molar-refractivity contribution < 1.29 is 14.7 Å². The van der Waals surface area contributed by atoms with Crippen LogP contribution >= 0.6 is 0 Å². The Labute approximate surface area is 123 Å². The first-order valence-electron chi connectivity index (χ1n) is 6.83. The summed E-state index contributed by atoms with van der Waals surface area (Å²) in [5.41, 5.74) is 1.62. The number of aromatic nitrogens is 1. The van der Waals surface area contributed by atoms with Crippen LogP contribution in [0.2, 0.25) is 0 Å². The standard InChI is InChI=1S/C16H18N2O3/c1-3-14-13(16(20)21)9-10-18(14)11(2)15(19)17-12-7-5-4-6-8-12/h4-11H,3H2,1-2H3,(H,17,19)(H,20,21). The van der Waals surface area contributed by atoms with E-state index >= 15 is 0 Å². The van der Waals surface area contributed by atoms with Crippen molar-refractivity contribution >= 4 is 17.6 Å². The smallest absolute Gasteiger partial charge is 0.337 e. The number of anilines is 1. The molecule has 2 aromatic rings. The summed E-state index contributed by atoms with van der Waals surface area (Å²) in [5, 5.41) is 12.0. The fraction of sp³-hybridized carbons (Fsp3) is 0.250. The van der Waals surface area contributed by atoms with E-state index in [2.05, 4.69) is 5.32 Å². The van der Waals surface area contributed by atoms with Crippen molar-refractivity contribution in [3.05, 3.63) is 53.9 Å². The van der Waals surface area contributed by atoms with Crippen LogP contribution in [0.3, 0.4) is 0 Å². The number of carboxylic acid groups (broad SMARTS) is 1. The minimum atomic E-state index is -0.971. The number of nitrogens with zero attached hydrogens (tertiary/aromatic N) is 1. The Bertz CT molecular complexity index is 647. The normalized spacial score (nSPS) is 11.9. The highest BCUT2D eigenvalue weighted by Crippen LogP contribution is 2.19. The minimum Gasteiger partial charge on any atom is -0.478 e. The third-order valence-electron chi connectivity index (χ3n) is 3.43. The summed E-state index contributed by atoms with van der Waals surface area (Å²) in [5.74, 6) is -1.15. The van der Waals surface area contributed by atoms with Crippen LogP contribution in [0.4, 0.5) is 5.69 Å². The number of carboxylic acids is 1. The van der Waals surface area contributed by atoms with E-state index in [1.807, 2.05) is 37.3 Å². The Balaban J connectivity index is 2.22. The first kappa shape index (κ1) is 14.8. The average Bonchev–Trinajstić information content (AvgIpc) is 2.91. The van der Waals surface area contributed by atoms with E-state index in [1.54, 1.807) is 17.7 Å². The first-order chi connectivity index (χ1) is 10.0. The molecule has 0 aliphatic carbocycles. The van der Waals surface area contributed by atoms with Crippen molar-refractivity contribution in [2.45, 2.75) is 26.3 Å². The van der Waals surface area contributed by atoms with Crippen LogP contribution in [0.25, 0.3) is 0 Å². The van der Waals surface area contributed by atoms with Crippen LogP contribution in [-0.2, 0) is 11.2 Å². The summed E-state index contributed by atoms with van der Waals surface area (Å²) >= 11 is 0. The molecule has 0 spiro atoms. The zero-order chi connectivity index (χ0) is 15.4. The van der Waals surface area contributed by atoms with Gasteiger partial charge < -0.3 is 15.0 Å². The molecule has 0 radical (unpaired) electrons. The molecule has 5 heteroatoms. The molecule has 0 bridgehead atoms. The molecular weight excluding hydrogens is 268 g/mol. The lowest BCUT2D eigenvalue weighted by Gasteiger charge is -2.17. The third kappa shape index (κ3) is 3.13. The maximum atomic E-state index is 12.3. The predicted octanol–water partition coefficient (Wildman–Crippen LogP) is 2.95. The van der Waals surface area contributed by atoms with Crippen molar-refractivity contribution in [2.75, 3.05) is 5.32 Å². The summed E-state index contributed by atoms with van der Waals surface area (Å²) in [6.45, 7) is 3.63. The van der Waals surface area contributed by atoms with Crippen molar-refractivity contribution in [1.29, 1.82) is 0 Å². The maximum Gasteiger partial charge on any atom is 0.337 e. The van der Waals surface area contributed by atoms with Crippen LogP contribution in [0.5, 0.6) is 0 Å². The van der Waals surface area contributed by atoms with Gasteiger partial charge >= 0.3 is 5.97 Å². The molecule has 2 rings (SSSR count). The average molecular weight is 286 g/mol. The Hall–Kier alpha value is -2.56. The molecule has 1 unspecified atom stereocenters. The van der Waals surface area contributed by atoms with Crippen molar-refractivity contribution in [2.24, 2.45) is 0 Å². The van der Waals surface area contributed by atoms with Gasteiger partial charge in [0.15, 0.2) is 0 Å². The lowest BCUT2D eigenvalue weighted by Crippen LogP contribution is -2.24. The topological polar surface area (TPSA) is 71.3 Å². The van der Waals surface area contributed by atoms with Crippen molar-refractivity contribution in [1.82, 2.24) is 4.57 Å². The number of aromatic carboxylic acids is 1. The minimum absolute atomic E-state index is 0.177. The van der Waals surface area contributed by atoms with Gasteiger partial charge in [0.1, 0.15) is 6.04 Å². The van der Waals surface area contributed by atoms with Gasteiger partial charge in [0.05, 0.1) is 5.56 Å². The van der Waals surface area contributed by atoms with E-state index in [0.29, 0.717) is 12.1 Å². The molecule has 1 heterocycles. The fourth-order valence-corrected chi connectivity index (χ4v) is 2.31. The number of hydrogen-bond donors (Lipinski definition) is 2. The Morgan fingerprint density at radius 1 is 1.24 bits per heavy atom. The third-order valence-corrected chi connectivity index (χ3v) is 3.43. The van der Waals surface area contributed by atoms with E-state index in [0.717, 1.165) is 5.69 Å². The lowest BCUT2D eigenvalue weighted by atomic mass is 10.2. The highest BCUT2D eigenvalue weighted by atomic mass is 16.4. The molecular formula is C16H18N2O3. The quantitative estimate of drug-likeness (QED) is 0.887. The van der Waals surface area contributed by atoms with Gasteiger partial charge in [-0.3, -0.25) is 4.79 Å². The number of para-hydroxylation sites is 1. The second kappa shape index (κ2) is 6.26. The number of carbonyl (C=O) groups excluding carboxylic acids is 1. The Kier molecular flexibility index (Phi) is 4.42. The second-order valence-corrected chi connectivity index (χ2v) is 4.77. The summed E-state index contributed by atoms with van der Waals surface area (Å²) in [6.07, 6.45) is 2.20. The first-order valence-corrected chi connectivity index (χ1v) is 6.83. The van der Waals surface area contributed by atoms with Gasteiger partial charge in [-0.05, 0) is 31.5 Å². The molecule has 5 nitrogen and oxygen atoms in total. The molecule has 1 atom stereocenters. The van der Waals surface area contributed by atoms with Crippen molar-refractivity contribution in [3.8, 4) is 0 Å². The molecule has 1 aromatic carbocycles. The van der Waals surface area contributed by atoms with Gasteiger partial charge in [-0.1, -0.05) is 25.1 Å². The van der Waals surface area contributed by atoms with Gasteiger partial charge in [-0.25, -0.2) is 4.79 Å². The predicted molar refractivity (Wildman–Crippen MR) is 80.6 cm³/mol. The van der Waals surface area contributed by atoms with Crippen LogP contribution in [0.1, 0.15) is 35.9 Å². The molecule has 1 amide bonds. The van der Waals surface area contributed by atoms with E-state index in [1.165, 1.54) is 6.07 Å². The molecule has 0 aliphatic rings. The molecule has 0 aliphatic heterocycles. The van der Waals surface area contributed by atoms with Crippen LogP contribution in [0.15, 0.2) is 42.6 Å². The van der Waals surface area contributed by atoms with E-state index in [-0.39, 0.29) is 11.5 Å². The molecule has 0 fully saturated rings. The van der Waals surface area contributed by atoms with Gasteiger partial charge in [0.2, 0.25) is 5.91 Å². The van der Waals surface area contributed by atoms with Gasteiger partial charge in [0, 0.05) is 17.6 Å². The summed E-state index contributed by atoms with van der Waals surface area (Å²) in [4.78, 5) is 23.4. The van der Waals surface area contributed by atoms with E-state index in [9.17, 15) is 9.59 Å². The largest absolute Gasteiger partial charge is 0.478 e. The van der Waals surface area contributed by atoms with Gasteiger partial charge in [0.25, 0.3) is 0 Å². The number of nitrogens with one attached hydrogen (secondary N) is 1. The number of amides is 1. The Morgan fingerprint density at radius 3 is 2.48 bits per heavy atom. The SMILES string of the molecule is CCc1c(C(=O)O)ccn1C(C)C(=O)Nc1ccccc1. The molecule has 110 valence electrons. The lowest BCUT2D eigenvalue weighted by molar-refractivity contribution is -0.118. The summed E-state index contributed by atoms with van der Waals surface area (Å²) in [6, 6.07) is 10.2. The Morgan fingerprint density at radius 2 is 1.90 bits per heavy atom. The summed E-state index contributed by atoms with van der Waals surface area (Å²) < 4.78 is 1.71. The number of rotatable bonds is 5. The number of hydrogen-bond acceptors (Lipinski definition) is 2. The maximum absolute atomic E-state index is 12.3. The molecule has 0 saturated heterocycles. The van der Waals surface area contributed by atoms with Crippen LogP contribution < -0.4 is 5.32 Å². The molecule has 1 aromatic heterocycles. The van der Waals surface area contributed by atoms with Crippen LogP contribution in [0, 0.1) is 0 Å². The molecule has 0 saturated carbocycles. The van der Waals surface area contributed by atoms with Crippen molar-refractivity contribution in [3.63, 3.8) is 0 Å². The van der Waals surface area contributed by atoms with E-state index < -0.39 is 12.0 Å². The van der Waals surface area contributed by atoms with Gasteiger partial charge in [-0.2, -0.15) is 0 Å². The number of carbonyl (C=O) groups is 2. The van der Waals surface area contributed by atoms with E-state index in [4.69, 9.17) is 5.11 Å². The summed E-state index contributed by atoms with van der Waals surface area (Å²) in [7, 11) is 0. The van der Waals surface area contributed by atoms with Crippen LogP contribution in [-0.4, -0.2) is 21.6 Å². The molecule has 2 N–H and O–H groups in total. The van der Waals surface area contributed by atoms with Gasteiger partial charge in [-0.15, -0.1) is 0 Å².